The van der Waals surface area contributed by atoms with E-state index in [0.717, 1.165) is 16.5 Å². The number of nitrogens with one attached hydrogen (secondary N) is 2. The van der Waals surface area contributed by atoms with Gasteiger partial charge in [-0.3, -0.25) is 15.2 Å². The summed E-state index contributed by atoms with van der Waals surface area (Å²) in [6.45, 7) is 0. The van der Waals surface area contributed by atoms with Gasteiger partial charge in [0.05, 0.1) is 11.1 Å². The molecule has 0 fully saturated rings. The number of carboxylic acids is 2. The highest BCUT2D eigenvalue weighted by atomic mass is 32.2. The molecule has 0 saturated heterocycles. The maximum absolute atomic E-state index is 12.7. The summed E-state index contributed by atoms with van der Waals surface area (Å²) in [7, 11) is 0. The highest BCUT2D eigenvalue weighted by Gasteiger charge is 2.52. The fourth-order valence-corrected chi connectivity index (χ4v) is 4.41. The number of amides is 1. The first-order valence-corrected chi connectivity index (χ1v) is 10.2. The number of carbonyl (C=O) groups excluding carboxylic acids is 1. The summed E-state index contributed by atoms with van der Waals surface area (Å²) in [5, 5.41) is 25.2. The van der Waals surface area contributed by atoms with Crippen molar-refractivity contribution in [2.24, 2.45) is 5.10 Å². The van der Waals surface area contributed by atoms with E-state index < -0.39 is 23.0 Å². The largest absolute Gasteiger partial charge is 0.490 e. The molecule has 0 radical (unpaired) electrons. The van der Waals surface area contributed by atoms with Gasteiger partial charge in [0.15, 0.2) is 0 Å². The van der Waals surface area contributed by atoms with Gasteiger partial charge in [0.25, 0.3) is 5.91 Å². The van der Waals surface area contributed by atoms with Crippen molar-refractivity contribution in [3.63, 3.8) is 0 Å². The molecule has 2 aliphatic rings. The summed E-state index contributed by atoms with van der Waals surface area (Å²) in [5.41, 5.74) is 5.95. The van der Waals surface area contributed by atoms with Gasteiger partial charge < -0.3 is 15.5 Å². The number of rotatable bonds is 2. The predicted octanol–water partition coefficient (Wildman–Crippen LogP) is 3.37. The van der Waals surface area contributed by atoms with E-state index in [1.165, 1.54) is 23.9 Å². The second-order valence-corrected chi connectivity index (χ2v) is 8.25. The van der Waals surface area contributed by atoms with Crippen molar-refractivity contribution in [3.8, 4) is 0 Å². The van der Waals surface area contributed by atoms with E-state index in [-0.39, 0.29) is 11.5 Å². The number of pyridine rings is 1. The SMILES string of the molecule is O=C(O)C(F)(F)F.O=C(O)c1ccc2c(c1)C1(NN=C(c3ccc4ncccc4c3)S1)C(=O)N2. The van der Waals surface area contributed by atoms with E-state index >= 15 is 0 Å². The van der Waals surface area contributed by atoms with Crippen LogP contribution in [0.15, 0.2) is 59.8 Å². The van der Waals surface area contributed by atoms with E-state index in [1.54, 1.807) is 12.3 Å². The molecule has 34 heavy (non-hydrogen) atoms. The fraction of sp³-hybridized carbons (Fsp3) is 0.0952. The van der Waals surface area contributed by atoms with E-state index in [9.17, 15) is 27.9 Å². The van der Waals surface area contributed by atoms with Crippen LogP contribution in [0.3, 0.4) is 0 Å². The number of thioether (sulfide) groups is 1. The Morgan fingerprint density at radius 2 is 1.79 bits per heavy atom. The molecule has 5 rings (SSSR count). The number of anilines is 1. The molecule has 1 aromatic heterocycles. The second kappa shape index (κ2) is 8.33. The van der Waals surface area contributed by atoms with Gasteiger partial charge in [-0.15, -0.1) is 0 Å². The molecule has 2 aliphatic heterocycles. The van der Waals surface area contributed by atoms with Crippen LogP contribution in [0.1, 0.15) is 21.5 Å². The predicted molar refractivity (Wildman–Crippen MR) is 116 cm³/mol. The molecule has 4 N–H and O–H groups in total. The van der Waals surface area contributed by atoms with E-state index in [0.29, 0.717) is 16.3 Å². The van der Waals surface area contributed by atoms with Crippen LogP contribution in [0.2, 0.25) is 0 Å². The summed E-state index contributed by atoms with van der Waals surface area (Å²) in [4.78, 5) is 36.1. The normalized spacial score (nSPS) is 18.4. The minimum absolute atomic E-state index is 0.122. The first-order valence-electron chi connectivity index (χ1n) is 9.40. The quantitative estimate of drug-likeness (QED) is 0.429. The topological polar surface area (TPSA) is 141 Å². The first kappa shape index (κ1) is 23.0. The number of aromatic carboxylic acids is 1. The average molecular weight is 490 g/mol. The molecule has 13 heteroatoms. The number of aromatic nitrogens is 1. The van der Waals surface area contributed by atoms with Crippen LogP contribution in [-0.4, -0.2) is 44.3 Å². The minimum Gasteiger partial charge on any atom is -0.478 e. The highest BCUT2D eigenvalue weighted by molar-refractivity contribution is 8.16. The van der Waals surface area contributed by atoms with E-state index in [4.69, 9.17) is 9.90 Å². The van der Waals surface area contributed by atoms with Crippen molar-refractivity contribution in [2.45, 2.75) is 11.0 Å². The number of hydrazone groups is 1. The van der Waals surface area contributed by atoms with Gasteiger partial charge in [0.2, 0.25) is 4.87 Å². The molecular formula is C21H13F3N4O5S. The number of hydrogen-bond donors (Lipinski definition) is 4. The third-order valence-corrected chi connectivity index (χ3v) is 6.19. The summed E-state index contributed by atoms with van der Waals surface area (Å²) in [6.07, 6.45) is -3.35. The van der Waals surface area contributed by atoms with Gasteiger partial charge in [-0.1, -0.05) is 23.9 Å². The molecule has 9 nitrogen and oxygen atoms in total. The van der Waals surface area contributed by atoms with Crippen LogP contribution in [-0.2, 0) is 14.5 Å². The highest BCUT2D eigenvalue weighted by Crippen LogP contribution is 2.48. The Hall–Kier alpha value is -4.13. The molecule has 0 aliphatic carbocycles. The Kier molecular flexibility index (Phi) is 5.65. The standard InChI is InChI=1S/C19H12N4O3S.C2HF3O2/c24-17(25)12-4-6-15-13(9-12)19(18(26)21-15)23-22-16(27-19)11-3-5-14-10(8-11)2-1-7-20-14;3-2(4,5)1(6)7/h1-9,23H,(H,21,26)(H,24,25);(H,6,7). The third-order valence-electron chi connectivity index (χ3n) is 4.87. The molecule has 174 valence electrons. The Morgan fingerprint density at radius 3 is 2.47 bits per heavy atom. The molecule has 0 saturated carbocycles. The van der Waals surface area contributed by atoms with Gasteiger partial charge in [0, 0.05) is 28.4 Å². The zero-order valence-electron chi connectivity index (χ0n) is 16.8. The third kappa shape index (κ3) is 4.12. The summed E-state index contributed by atoms with van der Waals surface area (Å²) < 4.78 is 31.7. The number of carboxylic acid groups (broad SMARTS) is 2. The fourth-order valence-electron chi connectivity index (χ4n) is 3.27. The second-order valence-electron chi connectivity index (χ2n) is 7.05. The Morgan fingerprint density at radius 1 is 1.06 bits per heavy atom. The van der Waals surface area contributed by atoms with E-state index in [2.05, 4.69) is 20.8 Å². The van der Waals surface area contributed by atoms with Crippen molar-refractivity contribution in [3.05, 3.63) is 71.4 Å². The number of halogens is 3. The molecular weight excluding hydrogens is 477 g/mol. The number of hydrogen-bond acceptors (Lipinski definition) is 7. The van der Waals surface area contributed by atoms with Crippen molar-refractivity contribution >= 4 is 51.2 Å². The van der Waals surface area contributed by atoms with Crippen molar-refractivity contribution in [2.75, 3.05) is 5.32 Å². The number of alkyl halides is 3. The Balaban J connectivity index is 0.000000344. The van der Waals surface area contributed by atoms with Gasteiger partial charge in [-0.05, 0) is 36.4 Å². The lowest BCUT2D eigenvalue weighted by Gasteiger charge is -2.20. The maximum Gasteiger partial charge on any atom is 0.490 e. The summed E-state index contributed by atoms with van der Waals surface area (Å²) in [6, 6.07) is 14.2. The molecule has 2 aromatic carbocycles. The molecule has 1 spiro atoms. The number of carbonyl (C=O) groups is 3. The molecule has 1 amide bonds. The maximum atomic E-state index is 12.7. The van der Waals surface area contributed by atoms with Gasteiger partial charge in [-0.2, -0.15) is 18.3 Å². The van der Waals surface area contributed by atoms with Crippen LogP contribution in [0.25, 0.3) is 10.9 Å². The average Bonchev–Trinajstić information content (AvgIpc) is 3.35. The van der Waals surface area contributed by atoms with Crippen LogP contribution in [0.5, 0.6) is 0 Å². The Labute approximate surface area is 192 Å². The summed E-state index contributed by atoms with van der Waals surface area (Å²) in [5.74, 6) is -4.07. The van der Waals surface area contributed by atoms with Crippen LogP contribution < -0.4 is 10.7 Å². The number of nitrogens with zero attached hydrogens (tertiary/aromatic N) is 2. The lowest BCUT2D eigenvalue weighted by Crippen LogP contribution is -2.39. The van der Waals surface area contributed by atoms with Gasteiger partial charge >= 0.3 is 18.1 Å². The van der Waals surface area contributed by atoms with E-state index in [1.807, 2.05) is 30.3 Å². The van der Waals surface area contributed by atoms with Crippen LogP contribution in [0, 0.1) is 0 Å². The first-order chi connectivity index (χ1) is 16.0. The lowest BCUT2D eigenvalue weighted by molar-refractivity contribution is -0.192. The molecule has 0 bridgehead atoms. The van der Waals surface area contributed by atoms with Gasteiger partial charge in [-0.25, -0.2) is 9.59 Å². The molecule has 1 atom stereocenters. The Bertz CT molecular complexity index is 1380. The molecule has 3 heterocycles. The van der Waals surface area contributed by atoms with Crippen LogP contribution >= 0.6 is 11.8 Å². The van der Waals surface area contributed by atoms with Gasteiger partial charge in [0.1, 0.15) is 5.04 Å². The minimum atomic E-state index is -5.08. The van der Waals surface area contributed by atoms with Crippen LogP contribution in [0.4, 0.5) is 18.9 Å². The van der Waals surface area contributed by atoms with Crippen molar-refractivity contribution in [1.82, 2.24) is 10.4 Å². The zero-order valence-corrected chi connectivity index (χ0v) is 17.6. The molecule has 3 aromatic rings. The number of fused-ring (bicyclic) bond motifs is 3. The lowest BCUT2D eigenvalue weighted by atomic mass is 10.0. The number of aliphatic carboxylic acids is 1. The van der Waals surface area contributed by atoms with Crippen molar-refractivity contribution in [1.29, 1.82) is 0 Å². The smallest absolute Gasteiger partial charge is 0.478 e. The molecule has 1 unspecified atom stereocenters. The monoisotopic (exact) mass is 490 g/mol. The number of benzene rings is 2. The van der Waals surface area contributed by atoms with Crippen molar-refractivity contribution < 1.29 is 37.8 Å². The zero-order chi connectivity index (χ0) is 24.7. The summed E-state index contributed by atoms with van der Waals surface area (Å²) >= 11 is 1.27.